The molecule has 1 aromatic carbocycles. The lowest BCUT2D eigenvalue weighted by atomic mass is 10.2. The molecule has 1 atom stereocenters. The summed E-state index contributed by atoms with van der Waals surface area (Å²) in [5.41, 5.74) is 7.04. The predicted octanol–water partition coefficient (Wildman–Crippen LogP) is 2.28. The van der Waals surface area contributed by atoms with Crippen molar-refractivity contribution in [2.45, 2.75) is 39.2 Å². The first-order valence-electron chi connectivity index (χ1n) is 6.94. The summed E-state index contributed by atoms with van der Waals surface area (Å²) in [6.45, 7) is 4.60. The van der Waals surface area contributed by atoms with Crippen LogP contribution < -0.4 is 10.5 Å². The molecule has 1 heterocycles. The zero-order valence-electron chi connectivity index (χ0n) is 12.0. The van der Waals surface area contributed by atoms with Gasteiger partial charge in [-0.15, -0.1) is 0 Å². The average molecular weight is 275 g/mol. The lowest BCUT2D eigenvalue weighted by Crippen LogP contribution is -2.22. The Hall–Kier alpha value is -1.88. The molecule has 0 saturated heterocycles. The molecule has 108 valence electrons. The summed E-state index contributed by atoms with van der Waals surface area (Å²) in [7, 11) is 0. The highest BCUT2D eigenvalue weighted by atomic mass is 16.5. The van der Waals surface area contributed by atoms with Gasteiger partial charge in [-0.25, -0.2) is 0 Å². The van der Waals surface area contributed by atoms with Crippen LogP contribution in [0.5, 0.6) is 5.75 Å². The van der Waals surface area contributed by atoms with Gasteiger partial charge in [-0.3, -0.25) is 0 Å². The molecule has 0 amide bonds. The molecule has 0 saturated carbocycles. The van der Waals surface area contributed by atoms with Gasteiger partial charge in [0.25, 0.3) is 0 Å². The summed E-state index contributed by atoms with van der Waals surface area (Å²) in [5, 5.41) is 3.92. The Kier molecular flexibility index (Phi) is 5.12. The van der Waals surface area contributed by atoms with Crippen molar-refractivity contribution in [2.24, 2.45) is 5.73 Å². The molecule has 0 bridgehead atoms. The third-order valence-corrected chi connectivity index (χ3v) is 3.05. The van der Waals surface area contributed by atoms with Crippen LogP contribution in [0, 0.1) is 6.92 Å². The first kappa shape index (κ1) is 14.5. The molecule has 0 radical (unpaired) electrons. The standard InChI is InChI=1S/C15H21N3O2/c1-3-12(16)10-14-17-15(20-18-14)7-8-19-13-6-4-5-11(2)9-13/h4-6,9,12H,3,7-8,10,16H2,1-2H3. The van der Waals surface area contributed by atoms with Gasteiger partial charge in [-0.2, -0.15) is 4.98 Å². The van der Waals surface area contributed by atoms with Gasteiger partial charge < -0.3 is 15.0 Å². The van der Waals surface area contributed by atoms with Crippen molar-refractivity contribution in [3.8, 4) is 5.75 Å². The van der Waals surface area contributed by atoms with Crippen molar-refractivity contribution in [3.63, 3.8) is 0 Å². The predicted molar refractivity (Wildman–Crippen MR) is 76.6 cm³/mol. The summed E-state index contributed by atoms with van der Waals surface area (Å²) >= 11 is 0. The fourth-order valence-corrected chi connectivity index (χ4v) is 1.81. The van der Waals surface area contributed by atoms with Crippen molar-refractivity contribution in [2.75, 3.05) is 6.61 Å². The van der Waals surface area contributed by atoms with E-state index in [-0.39, 0.29) is 6.04 Å². The second-order valence-electron chi connectivity index (χ2n) is 4.89. The Morgan fingerprint density at radius 2 is 2.25 bits per heavy atom. The van der Waals surface area contributed by atoms with Crippen molar-refractivity contribution in [1.82, 2.24) is 10.1 Å². The van der Waals surface area contributed by atoms with E-state index in [1.807, 2.05) is 38.1 Å². The monoisotopic (exact) mass is 275 g/mol. The molecule has 0 aliphatic heterocycles. The molecule has 0 spiro atoms. The van der Waals surface area contributed by atoms with Crippen LogP contribution in [0.1, 0.15) is 30.6 Å². The highest BCUT2D eigenvalue weighted by molar-refractivity contribution is 5.27. The second-order valence-corrected chi connectivity index (χ2v) is 4.89. The number of benzene rings is 1. The Bertz CT molecular complexity index is 539. The number of aryl methyl sites for hydroxylation is 1. The van der Waals surface area contributed by atoms with Crippen LogP contribution in [0.25, 0.3) is 0 Å². The summed E-state index contributed by atoms with van der Waals surface area (Å²) in [4.78, 5) is 4.31. The summed E-state index contributed by atoms with van der Waals surface area (Å²) in [6.07, 6.45) is 2.15. The zero-order chi connectivity index (χ0) is 14.4. The van der Waals surface area contributed by atoms with E-state index in [9.17, 15) is 0 Å². The van der Waals surface area contributed by atoms with Gasteiger partial charge in [-0.05, 0) is 31.0 Å². The highest BCUT2D eigenvalue weighted by Gasteiger charge is 2.09. The molecule has 2 rings (SSSR count). The van der Waals surface area contributed by atoms with Crippen LogP contribution in [0.2, 0.25) is 0 Å². The fraction of sp³-hybridized carbons (Fsp3) is 0.467. The van der Waals surface area contributed by atoms with Gasteiger partial charge in [0.15, 0.2) is 5.82 Å². The maximum atomic E-state index is 5.86. The van der Waals surface area contributed by atoms with Crippen LogP contribution in [0.4, 0.5) is 0 Å². The van der Waals surface area contributed by atoms with Crippen LogP contribution in [-0.2, 0) is 12.8 Å². The highest BCUT2D eigenvalue weighted by Crippen LogP contribution is 2.12. The minimum Gasteiger partial charge on any atom is -0.493 e. The maximum absolute atomic E-state index is 5.86. The van der Waals surface area contributed by atoms with Gasteiger partial charge in [0.2, 0.25) is 5.89 Å². The second kappa shape index (κ2) is 7.05. The molecule has 0 fully saturated rings. The molecule has 0 aliphatic rings. The lowest BCUT2D eigenvalue weighted by molar-refractivity contribution is 0.291. The van der Waals surface area contributed by atoms with E-state index in [1.54, 1.807) is 0 Å². The first-order valence-corrected chi connectivity index (χ1v) is 6.94. The van der Waals surface area contributed by atoms with E-state index in [4.69, 9.17) is 15.0 Å². The number of hydrogen-bond acceptors (Lipinski definition) is 5. The van der Waals surface area contributed by atoms with Gasteiger partial charge in [0, 0.05) is 12.5 Å². The van der Waals surface area contributed by atoms with E-state index in [0.29, 0.717) is 31.2 Å². The Morgan fingerprint density at radius 1 is 1.40 bits per heavy atom. The molecule has 20 heavy (non-hydrogen) atoms. The van der Waals surface area contributed by atoms with Crippen molar-refractivity contribution < 1.29 is 9.26 Å². The van der Waals surface area contributed by atoms with Crippen molar-refractivity contribution >= 4 is 0 Å². The quantitative estimate of drug-likeness (QED) is 0.839. The Morgan fingerprint density at radius 3 is 3.00 bits per heavy atom. The lowest BCUT2D eigenvalue weighted by Gasteiger charge is -2.04. The maximum Gasteiger partial charge on any atom is 0.230 e. The van der Waals surface area contributed by atoms with E-state index < -0.39 is 0 Å². The van der Waals surface area contributed by atoms with Gasteiger partial charge >= 0.3 is 0 Å². The number of rotatable bonds is 7. The Balaban J connectivity index is 1.79. The summed E-state index contributed by atoms with van der Waals surface area (Å²) < 4.78 is 10.8. The number of hydrogen-bond donors (Lipinski definition) is 1. The largest absolute Gasteiger partial charge is 0.493 e. The third-order valence-electron chi connectivity index (χ3n) is 3.05. The SMILES string of the molecule is CCC(N)Cc1noc(CCOc2cccc(C)c2)n1. The van der Waals surface area contributed by atoms with Crippen molar-refractivity contribution in [1.29, 1.82) is 0 Å². The zero-order valence-corrected chi connectivity index (χ0v) is 12.0. The Labute approximate surface area is 119 Å². The number of aromatic nitrogens is 2. The topological polar surface area (TPSA) is 74.2 Å². The molecule has 2 aromatic rings. The minimum absolute atomic E-state index is 0.0870. The smallest absolute Gasteiger partial charge is 0.230 e. The van der Waals surface area contributed by atoms with Crippen LogP contribution in [0.15, 0.2) is 28.8 Å². The molecule has 5 nitrogen and oxygen atoms in total. The molecule has 1 aromatic heterocycles. The summed E-state index contributed by atoms with van der Waals surface area (Å²) in [5.74, 6) is 2.12. The molecular weight excluding hydrogens is 254 g/mol. The van der Waals surface area contributed by atoms with Crippen LogP contribution >= 0.6 is 0 Å². The van der Waals surface area contributed by atoms with Gasteiger partial charge in [0.05, 0.1) is 13.0 Å². The summed E-state index contributed by atoms with van der Waals surface area (Å²) in [6, 6.07) is 8.03. The third kappa shape index (κ3) is 4.35. The molecule has 2 N–H and O–H groups in total. The van der Waals surface area contributed by atoms with E-state index in [1.165, 1.54) is 5.56 Å². The molecule has 1 unspecified atom stereocenters. The van der Waals surface area contributed by atoms with Crippen LogP contribution in [0.3, 0.4) is 0 Å². The normalized spacial score (nSPS) is 12.3. The van der Waals surface area contributed by atoms with E-state index >= 15 is 0 Å². The van der Waals surface area contributed by atoms with E-state index in [0.717, 1.165) is 12.2 Å². The number of ether oxygens (including phenoxy) is 1. The molecule has 0 aliphatic carbocycles. The van der Waals surface area contributed by atoms with Crippen LogP contribution in [-0.4, -0.2) is 22.8 Å². The fourth-order valence-electron chi connectivity index (χ4n) is 1.81. The minimum atomic E-state index is 0.0870. The average Bonchev–Trinajstić information content (AvgIpc) is 2.86. The van der Waals surface area contributed by atoms with E-state index in [2.05, 4.69) is 10.1 Å². The van der Waals surface area contributed by atoms with Gasteiger partial charge in [0.1, 0.15) is 5.75 Å². The van der Waals surface area contributed by atoms with Crippen molar-refractivity contribution in [3.05, 3.63) is 41.5 Å². The first-order chi connectivity index (χ1) is 9.67. The molecular formula is C15H21N3O2. The molecule has 5 heteroatoms. The number of nitrogens with two attached hydrogens (primary N) is 1. The van der Waals surface area contributed by atoms with Gasteiger partial charge in [-0.1, -0.05) is 24.2 Å². The number of nitrogens with zero attached hydrogens (tertiary/aromatic N) is 2.